The van der Waals surface area contributed by atoms with Crippen molar-refractivity contribution in [2.45, 2.75) is 13.8 Å². The molecule has 0 unspecified atom stereocenters. The molecule has 0 radical (unpaired) electrons. The first-order chi connectivity index (χ1) is 7.07. The molecular formula is C11H17BNO2+. The highest BCUT2D eigenvalue weighted by Crippen LogP contribution is 2.21. The van der Waals surface area contributed by atoms with E-state index >= 15 is 0 Å². The highest BCUT2D eigenvalue weighted by Gasteiger charge is 2.33. The van der Waals surface area contributed by atoms with Crippen molar-refractivity contribution in [1.82, 2.24) is 0 Å². The molecule has 1 aliphatic rings. The van der Waals surface area contributed by atoms with Crippen molar-refractivity contribution in [2.24, 2.45) is 12.5 Å². The lowest BCUT2D eigenvalue weighted by molar-refractivity contribution is -0.671. The van der Waals surface area contributed by atoms with Crippen molar-refractivity contribution in [3.8, 4) is 0 Å². The summed E-state index contributed by atoms with van der Waals surface area (Å²) < 4.78 is 13.4. The fraction of sp³-hybridized carbons (Fsp3) is 0.545. The van der Waals surface area contributed by atoms with E-state index in [4.69, 9.17) is 9.31 Å². The van der Waals surface area contributed by atoms with Crippen molar-refractivity contribution < 1.29 is 13.9 Å². The summed E-state index contributed by atoms with van der Waals surface area (Å²) in [5, 5.41) is 0. The first-order valence-electron chi connectivity index (χ1n) is 5.25. The smallest absolute Gasteiger partial charge is 0.407 e. The molecular weight excluding hydrogens is 189 g/mol. The average Bonchev–Trinajstić information content (AvgIpc) is 2.20. The number of rotatable bonds is 1. The van der Waals surface area contributed by atoms with Crippen molar-refractivity contribution in [2.75, 3.05) is 13.2 Å². The Morgan fingerprint density at radius 2 is 1.73 bits per heavy atom. The van der Waals surface area contributed by atoms with Gasteiger partial charge in [0.15, 0.2) is 12.4 Å². The second kappa shape index (κ2) is 3.95. The predicted molar refractivity (Wildman–Crippen MR) is 58.7 cm³/mol. The molecule has 1 aromatic rings. The maximum atomic E-state index is 5.69. The Kier molecular flexibility index (Phi) is 2.80. The maximum Gasteiger partial charge on any atom is 0.494 e. The normalized spacial score (nSPS) is 20.3. The molecule has 0 N–H and O–H groups in total. The van der Waals surface area contributed by atoms with Crippen LogP contribution in [0.25, 0.3) is 0 Å². The fourth-order valence-corrected chi connectivity index (χ4v) is 1.55. The molecule has 0 aliphatic carbocycles. The van der Waals surface area contributed by atoms with Crippen molar-refractivity contribution >= 4 is 12.6 Å². The van der Waals surface area contributed by atoms with Crippen LogP contribution in [-0.4, -0.2) is 20.3 Å². The van der Waals surface area contributed by atoms with Crippen molar-refractivity contribution in [3.63, 3.8) is 0 Å². The number of nitrogens with zero attached hydrogens (tertiary/aromatic N) is 1. The zero-order valence-electron chi connectivity index (χ0n) is 9.56. The number of hydrogen-bond donors (Lipinski definition) is 0. The second-order valence-electron chi connectivity index (χ2n) is 4.92. The van der Waals surface area contributed by atoms with E-state index in [0.29, 0.717) is 0 Å². The molecule has 0 saturated carbocycles. The summed E-state index contributed by atoms with van der Waals surface area (Å²) in [6, 6.07) is 4.06. The third-order valence-electron chi connectivity index (χ3n) is 2.53. The largest absolute Gasteiger partial charge is 0.494 e. The van der Waals surface area contributed by atoms with Gasteiger partial charge in [-0.15, -0.1) is 0 Å². The van der Waals surface area contributed by atoms with Gasteiger partial charge in [-0.3, -0.25) is 0 Å². The maximum absolute atomic E-state index is 5.69. The van der Waals surface area contributed by atoms with E-state index < -0.39 is 0 Å². The van der Waals surface area contributed by atoms with Crippen LogP contribution in [0.4, 0.5) is 0 Å². The summed E-state index contributed by atoms with van der Waals surface area (Å²) in [7, 11) is 1.80. The summed E-state index contributed by atoms with van der Waals surface area (Å²) in [5.41, 5.74) is 1.22. The minimum atomic E-state index is -0.195. The number of pyridine rings is 1. The Morgan fingerprint density at radius 1 is 1.20 bits per heavy atom. The molecule has 3 nitrogen and oxygen atoms in total. The van der Waals surface area contributed by atoms with E-state index in [-0.39, 0.29) is 12.5 Å². The van der Waals surface area contributed by atoms with Gasteiger partial charge in [0.2, 0.25) is 0 Å². The van der Waals surface area contributed by atoms with Gasteiger partial charge in [-0.05, 0) is 5.46 Å². The number of hydrogen-bond acceptors (Lipinski definition) is 2. The number of aromatic nitrogens is 1. The van der Waals surface area contributed by atoms with E-state index in [1.807, 2.05) is 36.1 Å². The standard InChI is InChI=1S/C11H17BNO2/c1-11(2)8-14-12(15-9-11)10-4-6-13(3)7-5-10/h4-7H,8-9H2,1-3H3/q+1. The molecule has 1 fully saturated rings. The SMILES string of the molecule is C[n+]1ccc(B2OCC(C)(C)CO2)cc1. The summed E-state index contributed by atoms with van der Waals surface area (Å²) >= 11 is 0. The van der Waals surface area contributed by atoms with Crippen molar-refractivity contribution in [3.05, 3.63) is 24.5 Å². The molecule has 4 heteroatoms. The van der Waals surface area contributed by atoms with Crippen molar-refractivity contribution in [1.29, 1.82) is 0 Å². The third-order valence-corrected chi connectivity index (χ3v) is 2.53. The molecule has 2 heterocycles. The van der Waals surface area contributed by atoms with Crippen LogP contribution in [0.1, 0.15) is 13.8 Å². The zero-order valence-corrected chi connectivity index (χ0v) is 9.56. The van der Waals surface area contributed by atoms with E-state index in [9.17, 15) is 0 Å². The van der Waals surface area contributed by atoms with Crippen LogP contribution >= 0.6 is 0 Å². The van der Waals surface area contributed by atoms with Gasteiger partial charge >= 0.3 is 7.12 Å². The Morgan fingerprint density at radius 3 is 2.27 bits per heavy atom. The van der Waals surface area contributed by atoms with Crippen LogP contribution < -0.4 is 10.0 Å². The minimum Gasteiger partial charge on any atom is -0.407 e. The van der Waals surface area contributed by atoms with Gasteiger partial charge in [-0.1, -0.05) is 13.8 Å². The van der Waals surface area contributed by atoms with Crippen LogP contribution in [0.2, 0.25) is 0 Å². The molecule has 15 heavy (non-hydrogen) atoms. The van der Waals surface area contributed by atoms with Gasteiger partial charge in [0, 0.05) is 30.8 Å². The lowest BCUT2D eigenvalue weighted by atomic mass is 9.76. The quantitative estimate of drug-likeness (QED) is 0.486. The second-order valence-corrected chi connectivity index (χ2v) is 4.92. The molecule has 0 bridgehead atoms. The first kappa shape index (κ1) is 10.6. The van der Waals surface area contributed by atoms with Gasteiger partial charge in [-0.25, -0.2) is 4.57 Å². The van der Waals surface area contributed by atoms with Gasteiger partial charge in [0.25, 0.3) is 0 Å². The molecule has 0 aromatic carbocycles. The van der Waals surface area contributed by atoms with Gasteiger partial charge in [-0.2, -0.15) is 0 Å². The predicted octanol–water partition coefficient (Wildman–Crippen LogP) is 0.279. The number of aryl methyl sites for hydroxylation is 1. The lowest BCUT2D eigenvalue weighted by Crippen LogP contribution is -2.48. The fourth-order valence-electron chi connectivity index (χ4n) is 1.55. The summed E-state index contributed by atoms with van der Waals surface area (Å²) in [4.78, 5) is 0. The Bertz CT molecular complexity index is 327. The van der Waals surface area contributed by atoms with Crippen LogP contribution in [0.15, 0.2) is 24.5 Å². The highest BCUT2D eigenvalue weighted by molar-refractivity contribution is 6.61. The van der Waals surface area contributed by atoms with Crippen LogP contribution in [-0.2, 0) is 16.4 Å². The van der Waals surface area contributed by atoms with Crippen LogP contribution in [0.3, 0.4) is 0 Å². The van der Waals surface area contributed by atoms with Gasteiger partial charge in [0.05, 0.1) is 0 Å². The summed E-state index contributed by atoms with van der Waals surface area (Å²) in [5.74, 6) is 0. The molecule has 2 rings (SSSR count). The van der Waals surface area contributed by atoms with Gasteiger partial charge < -0.3 is 9.31 Å². The van der Waals surface area contributed by atoms with E-state index in [0.717, 1.165) is 18.7 Å². The first-order valence-corrected chi connectivity index (χ1v) is 5.25. The Labute approximate surface area is 91.2 Å². The molecule has 0 amide bonds. The lowest BCUT2D eigenvalue weighted by Gasteiger charge is -2.32. The van der Waals surface area contributed by atoms with Crippen LogP contribution in [0, 0.1) is 5.41 Å². The molecule has 1 saturated heterocycles. The molecule has 1 aliphatic heterocycles. The molecule has 0 spiro atoms. The minimum absolute atomic E-state index is 0.135. The monoisotopic (exact) mass is 206 g/mol. The highest BCUT2D eigenvalue weighted by atomic mass is 16.6. The molecule has 0 atom stereocenters. The average molecular weight is 206 g/mol. The van der Waals surface area contributed by atoms with E-state index in [1.54, 1.807) is 0 Å². The van der Waals surface area contributed by atoms with Crippen LogP contribution in [0.5, 0.6) is 0 Å². The summed E-state index contributed by atoms with van der Waals surface area (Å²) in [6.07, 6.45) is 4.00. The Hall–Kier alpha value is -0.865. The topological polar surface area (TPSA) is 22.3 Å². The Balaban J connectivity index is 2.04. The van der Waals surface area contributed by atoms with Gasteiger partial charge in [0.1, 0.15) is 7.05 Å². The third kappa shape index (κ3) is 2.58. The summed E-state index contributed by atoms with van der Waals surface area (Å²) in [6.45, 7) is 5.79. The molecule has 1 aromatic heterocycles. The zero-order chi connectivity index (χ0) is 10.9. The van der Waals surface area contributed by atoms with E-state index in [1.165, 1.54) is 0 Å². The van der Waals surface area contributed by atoms with E-state index in [2.05, 4.69) is 13.8 Å². The molecule has 80 valence electrons.